The van der Waals surface area contributed by atoms with Gasteiger partial charge < -0.3 is 44.5 Å². The van der Waals surface area contributed by atoms with Gasteiger partial charge in [0.25, 0.3) is 0 Å². The van der Waals surface area contributed by atoms with Gasteiger partial charge in [-0.05, 0) is 31.2 Å². The Morgan fingerprint density at radius 3 is 2.26 bits per heavy atom. The summed E-state index contributed by atoms with van der Waals surface area (Å²) in [7, 11) is 0. The van der Waals surface area contributed by atoms with Crippen molar-refractivity contribution in [3.8, 4) is 34.3 Å². The minimum absolute atomic E-state index is 0.0402. The predicted molar refractivity (Wildman–Crippen MR) is 106 cm³/mol. The molecule has 0 spiro atoms. The quantitative estimate of drug-likeness (QED) is 0.348. The average Bonchev–Trinajstić information content (AvgIpc) is 2.72. The molecule has 164 valence electrons. The lowest BCUT2D eigenvalue weighted by Crippen LogP contribution is -2.58. The van der Waals surface area contributed by atoms with Crippen LogP contribution in [0.4, 0.5) is 0 Å². The molecule has 2 aromatic carbocycles. The second-order valence-corrected chi connectivity index (χ2v) is 7.27. The van der Waals surface area contributed by atoms with E-state index in [2.05, 4.69) is 0 Å². The van der Waals surface area contributed by atoms with E-state index in [1.807, 2.05) is 0 Å². The molecule has 1 unspecified atom stereocenters. The van der Waals surface area contributed by atoms with E-state index in [1.54, 1.807) is 0 Å². The number of phenolic OH excluding ortho intramolecular Hbond substituents is 3. The normalized spacial score (nSPS) is 26.1. The van der Waals surface area contributed by atoms with Gasteiger partial charge in [0.05, 0.1) is 6.10 Å². The molecule has 0 saturated carbocycles. The van der Waals surface area contributed by atoms with Gasteiger partial charge in [-0.15, -0.1) is 0 Å². The second kappa shape index (κ2) is 7.75. The van der Waals surface area contributed by atoms with Crippen molar-refractivity contribution >= 4 is 11.0 Å². The van der Waals surface area contributed by atoms with E-state index in [1.165, 1.54) is 31.2 Å². The molecule has 1 aromatic heterocycles. The largest absolute Gasteiger partial charge is 0.508 e. The molecule has 6 N–H and O–H groups in total. The van der Waals surface area contributed by atoms with E-state index in [9.17, 15) is 35.4 Å². The molecule has 2 heterocycles. The van der Waals surface area contributed by atoms with Gasteiger partial charge >= 0.3 is 0 Å². The van der Waals surface area contributed by atoms with Gasteiger partial charge in [-0.25, -0.2) is 0 Å². The molecule has 0 bridgehead atoms. The van der Waals surface area contributed by atoms with Crippen molar-refractivity contribution in [3.63, 3.8) is 0 Å². The number of phenols is 3. The molecule has 4 rings (SSSR count). The van der Waals surface area contributed by atoms with Crippen LogP contribution >= 0.6 is 0 Å². The zero-order chi connectivity index (χ0) is 22.4. The lowest BCUT2D eigenvalue weighted by atomic mass is 10.00. The fourth-order valence-electron chi connectivity index (χ4n) is 3.41. The van der Waals surface area contributed by atoms with Gasteiger partial charge in [0, 0.05) is 17.7 Å². The van der Waals surface area contributed by atoms with Crippen molar-refractivity contribution in [2.45, 2.75) is 37.6 Å². The second-order valence-electron chi connectivity index (χ2n) is 7.27. The lowest BCUT2D eigenvalue weighted by Gasteiger charge is -2.38. The van der Waals surface area contributed by atoms with Crippen LogP contribution in [0.5, 0.6) is 23.0 Å². The summed E-state index contributed by atoms with van der Waals surface area (Å²) in [6.45, 7) is 1.45. The zero-order valence-electron chi connectivity index (χ0n) is 16.2. The highest BCUT2D eigenvalue weighted by Crippen LogP contribution is 2.37. The third-order valence-electron chi connectivity index (χ3n) is 5.09. The molecule has 1 saturated heterocycles. The van der Waals surface area contributed by atoms with Crippen molar-refractivity contribution < 1.29 is 44.5 Å². The first-order valence-electron chi connectivity index (χ1n) is 9.36. The van der Waals surface area contributed by atoms with E-state index in [0.717, 1.165) is 12.1 Å². The van der Waals surface area contributed by atoms with E-state index in [4.69, 9.17) is 13.9 Å². The molecule has 1 aliphatic heterocycles. The van der Waals surface area contributed by atoms with Gasteiger partial charge in [0.1, 0.15) is 46.5 Å². The Labute approximate surface area is 174 Å². The summed E-state index contributed by atoms with van der Waals surface area (Å²) in [5, 5.41) is 59.4. The molecule has 3 aromatic rings. The van der Waals surface area contributed by atoms with Gasteiger partial charge in [-0.2, -0.15) is 0 Å². The number of benzene rings is 2. The predicted octanol–water partition coefficient (Wildman–Crippen LogP) is 0.783. The molecule has 0 radical (unpaired) electrons. The number of hydrogen-bond acceptors (Lipinski definition) is 10. The minimum Gasteiger partial charge on any atom is -0.508 e. The van der Waals surface area contributed by atoms with Gasteiger partial charge in [-0.3, -0.25) is 4.79 Å². The average molecular weight is 432 g/mol. The number of aromatic hydroxyl groups is 3. The first-order chi connectivity index (χ1) is 14.7. The van der Waals surface area contributed by atoms with E-state index in [0.29, 0.717) is 5.56 Å². The summed E-state index contributed by atoms with van der Waals surface area (Å²) in [6, 6.07) is 7.66. The molecular formula is C21H20O10. The van der Waals surface area contributed by atoms with Gasteiger partial charge in [-0.1, -0.05) is 0 Å². The Bertz CT molecular complexity index is 1170. The van der Waals surface area contributed by atoms with Crippen molar-refractivity contribution in [3.05, 3.63) is 46.6 Å². The van der Waals surface area contributed by atoms with Crippen LogP contribution in [0.15, 0.2) is 45.6 Å². The van der Waals surface area contributed by atoms with Crippen molar-refractivity contribution in [2.24, 2.45) is 0 Å². The highest BCUT2D eigenvalue weighted by molar-refractivity contribution is 5.88. The molecule has 10 nitrogen and oxygen atoms in total. The maximum Gasteiger partial charge on any atom is 0.239 e. The first kappa shape index (κ1) is 20.9. The number of fused-ring (bicyclic) bond motifs is 1. The van der Waals surface area contributed by atoms with Crippen LogP contribution in [-0.2, 0) is 4.74 Å². The third kappa shape index (κ3) is 3.66. The Morgan fingerprint density at radius 2 is 1.58 bits per heavy atom. The molecule has 10 heteroatoms. The summed E-state index contributed by atoms with van der Waals surface area (Å²) in [5.74, 6) is -1.51. The topological polar surface area (TPSA) is 170 Å². The monoisotopic (exact) mass is 432 g/mol. The van der Waals surface area contributed by atoms with Crippen LogP contribution in [-0.4, -0.2) is 61.3 Å². The number of aliphatic hydroxyl groups is 3. The molecule has 1 fully saturated rings. The van der Waals surface area contributed by atoms with Crippen LogP contribution in [0.2, 0.25) is 0 Å². The Kier molecular flexibility index (Phi) is 5.23. The Hall–Kier alpha value is -3.31. The minimum atomic E-state index is -1.69. The number of aliphatic hydroxyl groups excluding tert-OH is 3. The fraction of sp³-hybridized carbons (Fsp3) is 0.286. The summed E-state index contributed by atoms with van der Waals surface area (Å²) in [4.78, 5) is 13.2. The maximum atomic E-state index is 13.2. The molecular weight excluding hydrogens is 412 g/mol. The van der Waals surface area contributed by atoms with Crippen LogP contribution in [0.25, 0.3) is 22.3 Å². The highest BCUT2D eigenvalue weighted by Gasteiger charge is 2.44. The molecule has 0 amide bonds. The summed E-state index contributed by atoms with van der Waals surface area (Å²) in [6.07, 6.45) is -7.11. The molecule has 31 heavy (non-hydrogen) atoms. The van der Waals surface area contributed by atoms with Crippen LogP contribution in [0.1, 0.15) is 6.92 Å². The smallest absolute Gasteiger partial charge is 0.239 e. The number of ether oxygens (including phenoxy) is 2. The van der Waals surface area contributed by atoms with Crippen LogP contribution in [0.3, 0.4) is 0 Å². The van der Waals surface area contributed by atoms with E-state index < -0.39 is 47.6 Å². The van der Waals surface area contributed by atoms with Crippen molar-refractivity contribution in [1.29, 1.82) is 0 Å². The molecule has 0 aliphatic carbocycles. The first-order valence-corrected chi connectivity index (χ1v) is 9.36. The number of rotatable bonds is 3. The lowest BCUT2D eigenvalue weighted by molar-refractivity contribution is -0.268. The highest BCUT2D eigenvalue weighted by atomic mass is 16.7. The Balaban J connectivity index is 1.90. The molecule has 1 aliphatic rings. The van der Waals surface area contributed by atoms with E-state index in [-0.39, 0.29) is 28.2 Å². The van der Waals surface area contributed by atoms with E-state index >= 15 is 0 Å². The zero-order valence-corrected chi connectivity index (χ0v) is 16.2. The Morgan fingerprint density at radius 1 is 0.903 bits per heavy atom. The van der Waals surface area contributed by atoms with Crippen LogP contribution < -0.4 is 10.2 Å². The standard InChI is InChI=1S/C21H20O10/c1-8-15(25)17(27)18(28)21(29-8)31-20-16(26)14-12(24)6-11(23)7-13(14)30-19(20)9-2-4-10(22)5-3-9/h2-8,15,17-18,21-25,27-28H,1H3/t8-,15-,17+,18-,21?/m1/s1. The summed E-state index contributed by atoms with van der Waals surface area (Å²) < 4.78 is 16.8. The summed E-state index contributed by atoms with van der Waals surface area (Å²) in [5.41, 5.74) is -0.661. The summed E-state index contributed by atoms with van der Waals surface area (Å²) >= 11 is 0. The number of hydrogen-bond donors (Lipinski definition) is 6. The van der Waals surface area contributed by atoms with Gasteiger partial charge in [0.15, 0.2) is 5.76 Å². The van der Waals surface area contributed by atoms with Gasteiger partial charge in [0.2, 0.25) is 17.5 Å². The van der Waals surface area contributed by atoms with Crippen molar-refractivity contribution in [1.82, 2.24) is 0 Å². The third-order valence-corrected chi connectivity index (χ3v) is 5.09. The SMILES string of the molecule is C[C@H]1OC(Oc2c(-c3ccc(O)cc3)oc3cc(O)cc(O)c3c2=O)[C@H](O)[C@@H](O)[C@@H]1O. The fourth-order valence-corrected chi connectivity index (χ4v) is 3.41. The van der Waals surface area contributed by atoms with Crippen molar-refractivity contribution in [2.75, 3.05) is 0 Å². The van der Waals surface area contributed by atoms with Crippen LogP contribution in [0, 0.1) is 0 Å². The molecule has 5 atom stereocenters. The maximum absolute atomic E-state index is 13.2.